The van der Waals surface area contributed by atoms with Crippen LogP contribution in [0.4, 0.5) is 13.2 Å². The molecule has 3 nitrogen and oxygen atoms in total. The van der Waals surface area contributed by atoms with Gasteiger partial charge in [0.05, 0.1) is 11.6 Å². The first-order chi connectivity index (χ1) is 8.84. The average Bonchev–Trinajstić information content (AvgIpc) is 2.65. The Morgan fingerprint density at radius 2 is 2.00 bits per heavy atom. The molecule has 1 aromatic carbocycles. The maximum absolute atomic E-state index is 12.9. The van der Waals surface area contributed by atoms with Gasteiger partial charge in [0.15, 0.2) is 0 Å². The summed E-state index contributed by atoms with van der Waals surface area (Å²) in [6.07, 6.45) is -2.20. The van der Waals surface area contributed by atoms with E-state index in [1.54, 1.807) is 12.3 Å². The number of hydrogen-bond acceptors (Lipinski definition) is 2. The Hall–Kier alpha value is -1.37. The van der Waals surface area contributed by atoms with E-state index < -0.39 is 11.7 Å². The molecule has 0 atom stereocenters. The van der Waals surface area contributed by atoms with Crippen LogP contribution in [0.1, 0.15) is 24.4 Å². The number of benzene rings is 1. The van der Waals surface area contributed by atoms with Crippen LogP contribution >= 0.6 is 15.9 Å². The molecule has 0 N–H and O–H groups in total. The SMILES string of the molecule is O=C1CC(n2cc3cc(Br)cc(C(F)(F)F)c3n2)C1. The Morgan fingerprint density at radius 1 is 1.32 bits per heavy atom. The van der Waals surface area contributed by atoms with Crippen molar-refractivity contribution in [1.29, 1.82) is 0 Å². The molecule has 0 amide bonds. The van der Waals surface area contributed by atoms with Crippen molar-refractivity contribution in [1.82, 2.24) is 9.78 Å². The normalized spacial score (nSPS) is 16.9. The van der Waals surface area contributed by atoms with Gasteiger partial charge in [0, 0.05) is 28.9 Å². The molecule has 1 aliphatic rings. The molecule has 100 valence electrons. The van der Waals surface area contributed by atoms with E-state index in [0.29, 0.717) is 22.7 Å². The summed E-state index contributed by atoms with van der Waals surface area (Å²) in [5.41, 5.74) is -0.837. The zero-order valence-electron chi connectivity index (χ0n) is 9.54. The predicted molar refractivity (Wildman–Crippen MR) is 65.7 cm³/mol. The second-order valence-corrected chi connectivity index (χ2v) is 5.51. The van der Waals surface area contributed by atoms with Gasteiger partial charge in [0.2, 0.25) is 0 Å². The van der Waals surface area contributed by atoms with Gasteiger partial charge in [-0.2, -0.15) is 18.3 Å². The maximum Gasteiger partial charge on any atom is 0.418 e. The number of alkyl halides is 3. The van der Waals surface area contributed by atoms with Crippen molar-refractivity contribution in [2.75, 3.05) is 0 Å². The molecule has 0 saturated heterocycles. The lowest BCUT2D eigenvalue weighted by Gasteiger charge is -2.24. The highest BCUT2D eigenvalue weighted by molar-refractivity contribution is 9.10. The second kappa shape index (κ2) is 4.06. The molecule has 1 heterocycles. The van der Waals surface area contributed by atoms with Crippen molar-refractivity contribution < 1.29 is 18.0 Å². The van der Waals surface area contributed by atoms with Crippen LogP contribution in [0.5, 0.6) is 0 Å². The molecule has 0 radical (unpaired) electrons. The van der Waals surface area contributed by atoms with E-state index in [2.05, 4.69) is 21.0 Å². The third kappa shape index (κ3) is 2.16. The van der Waals surface area contributed by atoms with Crippen molar-refractivity contribution in [2.24, 2.45) is 0 Å². The van der Waals surface area contributed by atoms with Gasteiger partial charge in [0.25, 0.3) is 0 Å². The van der Waals surface area contributed by atoms with Gasteiger partial charge in [-0.1, -0.05) is 15.9 Å². The van der Waals surface area contributed by atoms with E-state index in [0.717, 1.165) is 6.07 Å². The largest absolute Gasteiger partial charge is 0.418 e. The van der Waals surface area contributed by atoms with Crippen molar-refractivity contribution in [3.63, 3.8) is 0 Å². The second-order valence-electron chi connectivity index (χ2n) is 4.60. The fourth-order valence-electron chi connectivity index (χ4n) is 2.17. The topological polar surface area (TPSA) is 34.9 Å². The summed E-state index contributed by atoms with van der Waals surface area (Å²) >= 11 is 3.07. The molecule has 0 unspecified atom stereocenters. The molecule has 0 spiro atoms. The maximum atomic E-state index is 12.9. The summed E-state index contributed by atoms with van der Waals surface area (Å²) in [5, 5.41) is 4.42. The zero-order valence-corrected chi connectivity index (χ0v) is 11.1. The van der Waals surface area contributed by atoms with Crippen molar-refractivity contribution in [3.8, 4) is 0 Å². The lowest BCUT2D eigenvalue weighted by atomic mass is 9.92. The van der Waals surface area contributed by atoms with E-state index >= 15 is 0 Å². The minimum Gasteiger partial charge on any atom is -0.300 e. The lowest BCUT2D eigenvalue weighted by Crippen LogP contribution is -2.26. The first-order valence-electron chi connectivity index (χ1n) is 5.62. The quantitative estimate of drug-likeness (QED) is 0.797. The molecule has 1 saturated carbocycles. The monoisotopic (exact) mass is 332 g/mol. The molecule has 0 bridgehead atoms. The summed E-state index contributed by atoms with van der Waals surface area (Å²) in [6.45, 7) is 0. The minimum absolute atomic E-state index is 0.0740. The zero-order chi connectivity index (χ0) is 13.8. The molecule has 2 aromatic rings. The van der Waals surface area contributed by atoms with Crippen molar-refractivity contribution in [3.05, 3.63) is 28.4 Å². The van der Waals surface area contributed by atoms with Gasteiger partial charge < -0.3 is 0 Å². The summed E-state index contributed by atoms with van der Waals surface area (Å²) in [7, 11) is 0. The molecule has 19 heavy (non-hydrogen) atoms. The Labute approximate surface area is 114 Å². The van der Waals surface area contributed by atoms with Gasteiger partial charge in [0.1, 0.15) is 11.3 Å². The highest BCUT2D eigenvalue weighted by atomic mass is 79.9. The predicted octanol–water partition coefficient (Wildman–Crippen LogP) is 3.72. The molecule has 1 fully saturated rings. The van der Waals surface area contributed by atoms with Gasteiger partial charge in [-0.3, -0.25) is 9.48 Å². The number of halogens is 4. The Balaban J connectivity index is 2.14. The molecule has 0 aliphatic heterocycles. The number of rotatable bonds is 1. The summed E-state index contributed by atoms with van der Waals surface area (Å²) < 4.78 is 40.6. The third-order valence-electron chi connectivity index (χ3n) is 3.20. The summed E-state index contributed by atoms with van der Waals surface area (Å²) in [5.74, 6) is 0.113. The summed E-state index contributed by atoms with van der Waals surface area (Å²) in [4.78, 5) is 10.9. The first kappa shape index (κ1) is 12.7. The number of ketones is 1. The molecule has 1 aliphatic carbocycles. The Morgan fingerprint density at radius 3 is 2.58 bits per heavy atom. The third-order valence-corrected chi connectivity index (χ3v) is 3.65. The number of carbonyl (C=O) groups excluding carboxylic acids is 1. The number of Topliss-reactive ketones (excluding diaryl/α,β-unsaturated/α-hetero) is 1. The van der Waals surface area contributed by atoms with Crippen LogP contribution in [0.25, 0.3) is 10.9 Å². The van der Waals surface area contributed by atoms with Crippen LogP contribution in [0.2, 0.25) is 0 Å². The van der Waals surface area contributed by atoms with Crippen LogP contribution in [0.3, 0.4) is 0 Å². The van der Waals surface area contributed by atoms with Gasteiger partial charge in [-0.25, -0.2) is 0 Å². The van der Waals surface area contributed by atoms with E-state index in [1.807, 2.05) is 0 Å². The van der Waals surface area contributed by atoms with E-state index in [4.69, 9.17) is 0 Å². The fourth-order valence-corrected chi connectivity index (χ4v) is 2.65. The molecule has 1 aromatic heterocycles. The fraction of sp³-hybridized carbons (Fsp3) is 0.333. The average molecular weight is 333 g/mol. The number of carbonyl (C=O) groups is 1. The Bertz CT molecular complexity index is 669. The lowest BCUT2D eigenvalue weighted by molar-refractivity contribution is -0.136. The van der Waals surface area contributed by atoms with E-state index in [1.165, 1.54) is 4.68 Å². The van der Waals surface area contributed by atoms with Crippen LogP contribution in [0, 0.1) is 0 Å². The molecular weight excluding hydrogens is 325 g/mol. The first-order valence-corrected chi connectivity index (χ1v) is 6.41. The van der Waals surface area contributed by atoms with Gasteiger partial charge in [-0.15, -0.1) is 0 Å². The van der Waals surface area contributed by atoms with Crippen LogP contribution in [-0.4, -0.2) is 15.6 Å². The number of aromatic nitrogens is 2. The molecule has 7 heteroatoms. The highest BCUT2D eigenvalue weighted by Crippen LogP contribution is 2.37. The van der Waals surface area contributed by atoms with Gasteiger partial charge >= 0.3 is 6.18 Å². The standard InChI is InChI=1S/C12H8BrF3N2O/c13-7-1-6-5-18(8-3-9(19)4-8)17-11(6)10(2-7)12(14,15)16/h1-2,5,8H,3-4H2. The Kier molecular flexibility index (Phi) is 2.70. The number of fused-ring (bicyclic) bond motifs is 1. The van der Waals surface area contributed by atoms with Crippen LogP contribution in [0.15, 0.2) is 22.8 Å². The van der Waals surface area contributed by atoms with Crippen molar-refractivity contribution in [2.45, 2.75) is 25.1 Å². The van der Waals surface area contributed by atoms with Gasteiger partial charge in [-0.05, 0) is 12.1 Å². The smallest absolute Gasteiger partial charge is 0.300 e. The number of hydrogen-bond donors (Lipinski definition) is 0. The van der Waals surface area contributed by atoms with Crippen LogP contribution in [-0.2, 0) is 11.0 Å². The number of nitrogens with zero attached hydrogens (tertiary/aromatic N) is 2. The van der Waals surface area contributed by atoms with E-state index in [9.17, 15) is 18.0 Å². The minimum atomic E-state index is -4.45. The van der Waals surface area contributed by atoms with Crippen LogP contribution < -0.4 is 0 Å². The van der Waals surface area contributed by atoms with E-state index in [-0.39, 0.29) is 17.3 Å². The molecular formula is C12H8BrF3N2O. The summed E-state index contributed by atoms with van der Waals surface area (Å²) in [6, 6.07) is 2.50. The molecule has 3 rings (SSSR count). The highest BCUT2D eigenvalue weighted by Gasteiger charge is 2.35. The van der Waals surface area contributed by atoms with Crippen molar-refractivity contribution >= 4 is 32.6 Å².